The summed E-state index contributed by atoms with van der Waals surface area (Å²) >= 11 is 0. The van der Waals surface area contributed by atoms with E-state index in [0.717, 1.165) is 13.8 Å². The zero-order valence-electron chi connectivity index (χ0n) is 29.0. The topological polar surface area (TPSA) is 187 Å². The van der Waals surface area contributed by atoms with Gasteiger partial charge in [0.2, 0.25) is 0 Å². The average molecular weight is 707 g/mol. The molecule has 1 heterocycles. The van der Waals surface area contributed by atoms with Crippen LogP contribution >= 0.6 is 0 Å². The Balaban J connectivity index is 2.28. The third-order valence-corrected chi connectivity index (χ3v) is 7.09. The number of rotatable bonds is 16. The van der Waals surface area contributed by atoms with Gasteiger partial charge in [-0.25, -0.2) is 0 Å². The minimum atomic E-state index is -1.40. The molecule has 3 rings (SSSR count). The van der Waals surface area contributed by atoms with E-state index in [1.54, 1.807) is 30.3 Å². The van der Waals surface area contributed by atoms with Crippen LogP contribution in [-0.4, -0.2) is 101 Å². The van der Waals surface area contributed by atoms with Crippen molar-refractivity contribution < 1.29 is 76.1 Å². The van der Waals surface area contributed by atoms with Gasteiger partial charge in [0.15, 0.2) is 47.6 Å². The number of hydrogen-bond donors (Lipinski definition) is 0. The highest BCUT2D eigenvalue weighted by atomic mass is 16.7. The molecule has 0 spiro atoms. The third kappa shape index (κ3) is 11.0. The summed E-state index contributed by atoms with van der Waals surface area (Å²) in [6.07, 6.45) is -9.08. The van der Waals surface area contributed by atoms with E-state index in [1.807, 2.05) is 0 Å². The van der Waals surface area contributed by atoms with Crippen LogP contribution in [0.5, 0.6) is 23.0 Å². The number of para-hydroxylation sites is 2. The first-order valence-corrected chi connectivity index (χ1v) is 15.4. The summed E-state index contributed by atoms with van der Waals surface area (Å²) in [6, 6.07) is 11.2. The lowest BCUT2D eigenvalue weighted by molar-refractivity contribution is -0.315. The summed E-state index contributed by atoms with van der Waals surface area (Å²) in [5.41, 5.74) is 0.324. The molecule has 0 bridgehead atoms. The summed E-state index contributed by atoms with van der Waals surface area (Å²) < 4.78 is 62.8. The molecule has 0 saturated carbocycles. The molecule has 1 aliphatic rings. The number of esters is 5. The summed E-state index contributed by atoms with van der Waals surface area (Å²) in [5.74, 6) is -2.60. The first-order valence-electron chi connectivity index (χ1n) is 15.4. The lowest BCUT2D eigenvalue weighted by Crippen LogP contribution is -2.63. The Morgan fingerprint density at radius 1 is 0.680 bits per heavy atom. The highest BCUT2D eigenvalue weighted by Gasteiger charge is 2.53. The maximum atomic E-state index is 12.5. The minimum absolute atomic E-state index is 0.0900. The van der Waals surface area contributed by atoms with Crippen LogP contribution in [0.3, 0.4) is 0 Å². The predicted molar refractivity (Wildman–Crippen MR) is 169 cm³/mol. The Morgan fingerprint density at radius 3 is 1.86 bits per heavy atom. The number of carbonyl (C=O) groups excluding carboxylic acids is 5. The van der Waals surface area contributed by atoms with Crippen LogP contribution in [0, 0.1) is 0 Å². The highest BCUT2D eigenvalue weighted by molar-refractivity contribution is 5.70. The van der Waals surface area contributed by atoms with Gasteiger partial charge >= 0.3 is 29.8 Å². The molecule has 16 heteroatoms. The molecule has 7 atom stereocenters. The fourth-order valence-corrected chi connectivity index (χ4v) is 5.12. The summed E-state index contributed by atoms with van der Waals surface area (Å²) in [5, 5.41) is 0. The molecule has 1 saturated heterocycles. The number of carbonyl (C=O) groups is 5. The van der Waals surface area contributed by atoms with Gasteiger partial charge in [-0.1, -0.05) is 18.2 Å². The first kappa shape index (κ1) is 39.5. The van der Waals surface area contributed by atoms with E-state index >= 15 is 0 Å². The van der Waals surface area contributed by atoms with Crippen molar-refractivity contribution in [2.24, 2.45) is 0 Å². The first-order chi connectivity index (χ1) is 23.8. The summed E-state index contributed by atoms with van der Waals surface area (Å²) in [6.45, 7) is 5.13. The van der Waals surface area contributed by atoms with Crippen molar-refractivity contribution >= 4 is 29.8 Å². The van der Waals surface area contributed by atoms with Gasteiger partial charge in [-0.05, 0) is 29.8 Å². The van der Waals surface area contributed by atoms with E-state index in [4.69, 9.17) is 52.1 Å². The van der Waals surface area contributed by atoms with Gasteiger partial charge in [0, 0.05) is 41.7 Å². The molecule has 2 aromatic carbocycles. The van der Waals surface area contributed by atoms with Crippen molar-refractivity contribution in [3.63, 3.8) is 0 Å². The molecule has 2 aromatic rings. The van der Waals surface area contributed by atoms with Gasteiger partial charge in [0.05, 0.1) is 14.2 Å². The van der Waals surface area contributed by atoms with Crippen molar-refractivity contribution in [1.82, 2.24) is 0 Å². The van der Waals surface area contributed by atoms with Gasteiger partial charge < -0.3 is 52.1 Å². The fraction of sp³-hybridized carbons (Fsp3) is 0.500. The van der Waals surface area contributed by atoms with Crippen molar-refractivity contribution in [2.75, 3.05) is 34.5 Å². The van der Waals surface area contributed by atoms with Crippen LogP contribution in [0.15, 0.2) is 42.5 Å². The van der Waals surface area contributed by atoms with E-state index in [9.17, 15) is 24.0 Å². The number of methoxy groups -OCH3 is 3. The minimum Gasteiger partial charge on any atom is -0.493 e. The normalized spacial score (nSPS) is 21.1. The second kappa shape index (κ2) is 18.7. The molecule has 0 unspecified atom stereocenters. The number of ether oxygens (including phenoxy) is 11. The molecular weight excluding hydrogens is 664 g/mol. The largest absolute Gasteiger partial charge is 0.493 e. The second-order valence-electron chi connectivity index (χ2n) is 10.9. The maximum absolute atomic E-state index is 12.5. The Bertz CT molecular complexity index is 1490. The van der Waals surface area contributed by atoms with Crippen LogP contribution in [0.25, 0.3) is 0 Å². The van der Waals surface area contributed by atoms with Gasteiger partial charge in [0.25, 0.3) is 0 Å². The van der Waals surface area contributed by atoms with Crippen LogP contribution in [0.2, 0.25) is 0 Å². The molecule has 0 N–H and O–H groups in total. The molecule has 0 aliphatic carbocycles. The van der Waals surface area contributed by atoms with E-state index < -0.39 is 86.0 Å². The Labute approximate surface area is 289 Å². The number of hydrogen-bond acceptors (Lipinski definition) is 16. The Morgan fingerprint density at radius 2 is 1.30 bits per heavy atom. The van der Waals surface area contributed by atoms with E-state index in [1.165, 1.54) is 54.2 Å². The standard InChI is InChI=1S/C34H42O16/c1-18(35)43-16-28(48-25-12-10-9-11-24(25)40-6)30(23-13-14-26(45-20(3)37)27(15-23)41-7)50-32-31(46-21(4)38)29(17-44-19(2)36)49-34(42-8)33(32)47-22(5)39/h9-15,28-34H,16-17H2,1-8H3/t28-,29+,30-,31-,32-,33+,34-/m0/s1. The lowest BCUT2D eigenvalue weighted by Gasteiger charge is -2.45. The van der Waals surface area contributed by atoms with Crippen molar-refractivity contribution in [3.8, 4) is 23.0 Å². The van der Waals surface area contributed by atoms with Gasteiger partial charge in [-0.2, -0.15) is 0 Å². The van der Waals surface area contributed by atoms with Gasteiger partial charge in [-0.15, -0.1) is 0 Å². The van der Waals surface area contributed by atoms with Crippen molar-refractivity contribution in [2.45, 2.75) is 77.5 Å². The quantitative estimate of drug-likeness (QED) is 0.141. The van der Waals surface area contributed by atoms with Crippen LogP contribution in [-0.2, 0) is 57.1 Å². The molecular formula is C34H42O16. The van der Waals surface area contributed by atoms with E-state index in [0.29, 0.717) is 11.3 Å². The van der Waals surface area contributed by atoms with Crippen LogP contribution < -0.4 is 18.9 Å². The Kier molecular flexibility index (Phi) is 14.8. The monoisotopic (exact) mass is 706 g/mol. The average Bonchev–Trinajstić information content (AvgIpc) is 3.05. The lowest BCUT2D eigenvalue weighted by atomic mass is 9.96. The molecule has 16 nitrogen and oxygen atoms in total. The smallest absolute Gasteiger partial charge is 0.308 e. The molecule has 0 radical (unpaired) electrons. The summed E-state index contributed by atoms with van der Waals surface area (Å²) in [7, 11) is 4.09. The fourth-order valence-electron chi connectivity index (χ4n) is 5.12. The van der Waals surface area contributed by atoms with E-state index in [-0.39, 0.29) is 17.2 Å². The number of benzene rings is 2. The maximum Gasteiger partial charge on any atom is 0.308 e. The third-order valence-electron chi connectivity index (χ3n) is 7.09. The van der Waals surface area contributed by atoms with Gasteiger partial charge in [0.1, 0.15) is 31.5 Å². The molecule has 1 fully saturated rings. The predicted octanol–water partition coefficient (Wildman–Crippen LogP) is 2.86. The van der Waals surface area contributed by atoms with Crippen molar-refractivity contribution in [1.29, 1.82) is 0 Å². The molecule has 274 valence electrons. The van der Waals surface area contributed by atoms with E-state index in [2.05, 4.69) is 0 Å². The Hall–Kier alpha value is -4.93. The van der Waals surface area contributed by atoms with Gasteiger partial charge in [-0.3, -0.25) is 24.0 Å². The summed E-state index contributed by atoms with van der Waals surface area (Å²) in [4.78, 5) is 60.6. The SMILES string of the molecule is COc1cc([C@H](O[C@H]2[C@@H](OC(C)=O)[C@@H](COC(C)=O)O[C@H](OC)[C@@H]2OC(C)=O)[C@H](COC(C)=O)Oc2ccccc2OC)ccc1OC(C)=O. The molecule has 1 aliphatic heterocycles. The molecule has 0 amide bonds. The van der Waals surface area contributed by atoms with Crippen molar-refractivity contribution in [3.05, 3.63) is 48.0 Å². The molecule has 50 heavy (non-hydrogen) atoms. The zero-order chi connectivity index (χ0) is 37.0. The second-order valence-corrected chi connectivity index (χ2v) is 10.9. The highest BCUT2D eigenvalue weighted by Crippen LogP contribution is 2.39. The molecule has 0 aromatic heterocycles. The van der Waals surface area contributed by atoms with Crippen LogP contribution in [0.4, 0.5) is 0 Å². The zero-order valence-corrected chi connectivity index (χ0v) is 29.0. The van der Waals surface area contributed by atoms with Crippen LogP contribution in [0.1, 0.15) is 46.3 Å².